The SMILES string of the molecule is CSc1ccc(C(=O)Nc2ccc([C@@H]3CNCCO3)cc2)cc1.Cl. The lowest BCUT2D eigenvalue weighted by atomic mass is 10.1. The zero-order valence-electron chi connectivity index (χ0n) is 13.5. The van der Waals surface area contributed by atoms with E-state index in [1.54, 1.807) is 11.8 Å². The number of thioether (sulfide) groups is 1. The maximum absolute atomic E-state index is 12.2. The first-order valence-electron chi connectivity index (χ1n) is 7.64. The number of amides is 1. The summed E-state index contributed by atoms with van der Waals surface area (Å²) >= 11 is 1.66. The lowest BCUT2D eigenvalue weighted by Gasteiger charge is -2.24. The van der Waals surface area contributed by atoms with Gasteiger partial charge in [-0.2, -0.15) is 0 Å². The van der Waals surface area contributed by atoms with Crippen molar-refractivity contribution in [2.45, 2.75) is 11.0 Å². The second kappa shape index (κ2) is 9.08. The quantitative estimate of drug-likeness (QED) is 0.811. The van der Waals surface area contributed by atoms with Crippen LogP contribution in [0.2, 0.25) is 0 Å². The minimum Gasteiger partial charge on any atom is -0.371 e. The third-order valence-electron chi connectivity index (χ3n) is 3.82. The Morgan fingerprint density at radius 2 is 1.88 bits per heavy atom. The van der Waals surface area contributed by atoms with Gasteiger partial charge < -0.3 is 15.4 Å². The van der Waals surface area contributed by atoms with Crippen LogP contribution in [0.1, 0.15) is 22.0 Å². The van der Waals surface area contributed by atoms with Crippen LogP contribution in [0.25, 0.3) is 0 Å². The molecule has 1 saturated heterocycles. The van der Waals surface area contributed by atoms with E-state index in [2.05, 4.69) is 10.6 Å². The molecule has 0 spiro atoms. The minimum absolute atomic E-state index is 0. The van der Waals surface area contributed by atoms with Crippen molar-refractivity contribution in [1.29, 1.82) is 0 Å². The molecule has 2 aromatic rings. The molecule has 0 unspecified atom stereocenters. The van der Waals surface area contributed by atoms with E-state index in [1.165, 1.54) is 0 Å². The van der Waals surface area contributed by atoms with E-state index < -0.39 is 0 Å². The first kappa shape index (κ1) is 18.8. The molecule has 128 valence electrons. The average Bonchev–Trinajstić information content (AvgIpc) is 2.63. The number of nitrogens with one attached hydrogen (secondary N) is 2. The van der Waals surface area contributed by atoms with Crippen LogP contribution < -0.4 is 10.6 Å². The van der Waals surface area contributed by atoms with Gasteiger partial charge in [-0.1, -0.05) is 12.1 Å². The van der Waals surface area contributed by atoms with E-state index in [1.807, 2.05) is 54.8 Å². The summed E-state index contributed by atoms with van der Waals surface area (Å²) in [6, 6.07) is 15.4. The van der Waals surface area contributed by atoms with Crippen LogP contribution in [-0.2, 0) is 4.74 Å². The summed E-state index contributed by atoms with van der Waals surface area (Å²) in [6.07, 6.45) is 2.11. The molecule has 0 radical (unpaired) electrons. The minimum atomic E-state index is -0.0963. The zero-order chi connectivity index (χ0) is 16.1. The Morgan fingerprint density at radius 3 is 2.46 bits per heavy atom. The van der Waals surface area contributed by atoms with Gasteiger partial charge in [-0.05, 0) is 48.2 Å². The number of carbonyl (C=O) groups is 1. The molecule has 1 amide bonds. The van der Waals surface area contributed by atoms with Crippen molar-refractivity contribution in [3.8, 4) is 0 Å². The van der Waals surface area contributed by atoms with Crippen molar-refractivity contribution < 1.29 is 9.53 Å². The van der Waals surface area contributed by atoms with Gasteiger partial charge in [0.05, 0.1) is 12.7 Å². The number of hydrogen-bond donors (Lipinski definition) is 2. The maximum Gasteiger partial charge on any atom is 0.255 e. The van der Waals surface area contributed by atoms with Crippen molar-refractivity contribution in [3.63, 3.8) is 0 Å². The highest BCUT2D eigenvalue weighted by Crippen LogP contribution is 2.21. The molecule has 0 bridgehead atoms. The summed E-state index contributed by atoms with van der Waals surface area (Å²) in [6.45, 7) is 2.46. The molecule has 2 N–H and O–H groups in total. The Morgan fingerprint density at radius 1 is 1.17 bits per heavy atom. The lowest BCUT2D eigenvalue weighted by Crippen LogP contribution is -2.33. The molecule has 1 aliphatic rings. The van der Waals surface area contributed by atoms with E-state index in [4.69, 9.17) is 4.74 Å². The van der Waals surface area contributed by atoms with Crippen LogP contribution in [0.4, 0.5) is 5.69 Å². The monoisotopic (exact) mass is 364 g/mol. The van der Waals surface area contributed by atoms with Crippen LogP contribution in [0.3, 0.4) is 0 Å². The first-order valence-corrected chi connectivity index (χ1v) is 8.86. The molecule has 2 aromatic carbocycles. The van der Waals surface area contributed by atoms with Gasteiger partial charge in [-0.3, -0.25) is 4.79 Å². The van der Waals surface area contributed by atoms with Crippen molar-refractivity contribution >= 4 is 35.8 Å². The molecule has 0 aromatic heterocycles. The summed E-state index contributed by atoms with van der Waals surface area (Å²) < 4.78 is 5.72. The predicted octanol–water partition coefficient (Wildman–Crippen LogP) is 3.74. The van der Waals surface area contributed by atoms with E-state index >= 15 is 0 Å². The summed E-state index contributed by atoms with van der Waals surface area (Å²) in [7, 11) is 0. The molecule has 1 fully saturated rings. The van der Waals surface area contributed by atoms with Crippen LogP contribution >= 0.6 is 24.2 Å². The number of hydrogen-bond acceptors (Lipinski definition) is 4. The second-order valence-electron chi connectivity index (χ2n) is 5.37. The van der Waals surface area contributed by atoms with Crippen LogP contribution in [-0.4, -0.2) is 31.9 Å². The molecule has 0 saturated carbocycles. The summed E-state index contributed by atoms with van der Waals surface area (Å²) in [5.41, 5.74) is 2.57. The molecule has 4 nitrogen and oxygen atoms in total. The van der Waals surface area contributed by atoms with Gasteiger partial charge in [-0.15, -0.1) is 24.2 Å². The van der Waals surface area contributed by atoms with Crippen LogP contribution in [0.15, 0.2) is 53.4 Å². The molecule has 6 heteroatoms. The average molecular weight is 365 g/mol. The largest absolute Gasteiger partial charge is 0.371 e. The lowest BCUT2D eigenvalue weighted by molar-refractivity contribution is 0.0277. The fourth-order valence-corrected chi connectivity index (χ4v) is 2.91. The van der Waals surface area contributed by atoms with Crippen molar-refractivity contribution in [2.75, 3.05) is 31.3 Å². The van der Waals surface area contributed by atoms with Crippen molar-refractivity contribution in [1.82, 2.24) is 5.32 Å². The third-order valence-corrected chi connectivity index (χ3v) is 4.56. The Kier molecular flexibility index (Phi) is 7.12. The fraction of sp³-hybridized carbons (Fsp3) is 0.278. The summed E-state index contributed by atoms with van der Waals surface area (Å²) in [4.78, 5) is 13.4. The maximum atomic E-state index is 12.2. The van der Waals surface area contributed by atoms with Crippen molar-refractivity contribution in [2.24, 2.45) is 0 Å². The van der Waals surface area contributed by atoms with Gasteiger partial charge in [-0.25, -0.2) is 0 Å². The van der Waals surface area contributed by atoms with Gasteiger partial charge in [0.1, 0.15) is 0 Å². The highest BCUT2D eigenvalue weighted by molar-refractivity contribution is 7.98. The third kappa shape index (κ3) is 4.74. The van der Waals surface area contributed by atoms with Crippen molar-refractivity contribution in [3.05, 3.63) is 59.7 Å². The van der Waals surface area contributed by atoms with Gasteiger partial charge in [0.2, 0.25) is 0 Å². The molecule has 1 atom stereocenters. The number of carbonyl (C=O) groups excluding carboxylic acids is 1. The molecular weight excluding hydrogens is 344 g/mol. The number of ether oxygens (including phenoxy) is 1. The fourth-order valence-electron chi connectivity index (χ4n) is 2.51. The van der Waals surface area contributed by atoms with E-state index in [0.29, 0.717) is 5.56 Å². The molecule has 24 heavy (non-hydrogen) atoms. The van der Waals surface area contributed by atoms with E-state index in [0.717, 1.165) is 35.8 Å². The Balaban J connectivity index is 0.00000208. The smallest absolute Gasteiger partial charge is 0.255 e. The van der Waals surface area contributed by atoms with E-state index in [9.17, 15) is 4.79 Å². The van der Waals surface area contributed by atoms with Crippen LogP contribution in [0.5, 0.6) is 0 Å². The highest BCUT2D eigenvalue weighted by Gasteiger charge is 2.15. The number of anilines is 1. The van der Waals surface area contributed by atoms with Gasteiger partial charge in [0, 0.05) is 29.2 Å². The van der Waals surface area contributed by atoms with Gasteiger partial charge in [0.15, 0.2) is 0 Å². The normalized spacial score (nSPS) is 17.0. The van der Waals surface area contributed by atoms with Gasteiger partial charge >= 0.3 is 0 Å². The molecule has 1 heterocycles. The summed E-state index contributed by atoms with van der Waals surface area (Å²) in [5, 5.41) is 6.24. The van der Waals surface area contributed by atoms with Crippen LogP contribution in [0, 0.1) is 0 Å². The van der Waals surface area contributed by atoms with E-state index in [-0.39, 0.29) is 24.4 Å². The van der Waals surface area contributed by atoms with Gasteiger partial charge in [0.25, 0.3) is 5.91 Å². The first-order chi connectivity index (χ1) is 11.3. The Bertz CT molecular complexity index is 656. The second-order valence-corrected chi connectivity index (χ2v) is 6.25. The molecule has 1 aliphatic heterocycles. The highest BCUT2D eigenvalue weighted by atomic mass is 35.5. The standard InChI is InChI=1S/C18H20N2O2S.ClH/c1-23-16-8-4-14(5-9-16)18(21)20-15-6-2-13(3-7-15)17-12-19-10-11-22-17;/h2-9,17,19H,10-12H2,1H3,(H,20,21);1H/t17-;/m0./s1. The number of rotatable bonds is 4. The zero-order valence-corrected chi connectivity index (χ0v) is 15.1. The topological polar surface area (TPSA) is 50.4 Å². The Labute approximate surface area is 152 Å². The molecule has 3 rings (SSSR count). The Hall–Kier alpha value is -1.53. The molecular formula is C18H21ClN2O2S. The molecule has 0 aliphatic carbocycles. The number of benzene rings is 2. The number of halogens is 1. The summed E-state index contributed by atoms with van der Waals surface area (Å²) in [5.74, 6) is -0.0963. The number of morpholine rings is 1. The predicted molar refractivity (Wildman–Crippen MR) is 101 cm³/mol.